The summed E-state index contributed by atoms with van der Waals surface area (Å²) in [4.78, 5) is 32.0. The van der Waals surface area contributed by atoms with Crippen LogP contribution >= 0.6 is 0 Å². The Bertz CT molecular complexity index is 1260. The first kappa shape index (κ1) is 24.5. The lowest BCUT2D eigenvalue weighted by atomic mass is 9.81. The largest absolute Gasteiger partial charge is 0.427 e. The van der Waals surface area contributed by atoms with Crippen molar-refractivity contribution < 1.29 is 19.2 Å². The number of nitrogens with zero attached hydrogens (tertiary/aromatic N) is 2. The SMILES string of the molecule is CCCC(=NOCC)C1=C(OC(=O)c2ccccc2)CC(c2c(C)c3ccccc3n2C)CC1=O. The molecule has 1 atom stereocenters. The van der Waals surface area contributed by atoms with Gasteiger partial charge in [-0.1, -0.05) is 54.9 Å². The number of rotatable bonds is 8. The average molecular weight is 473 g/mol. The Balaban J connectivity index is 1.79. The van der Waals surface area contributed by atoms with Crippen LogP contribution in [0.3, 0.4) is 0 Å². The molecule has 1 aliphatic carbocycles. The fourth-order valence-corrected chi connectivity index (χ4v) is 5.01. The van der Waals surface area contributed by atoms with Crippen LogP contribution in [-0.4, -0.2) is 28.6 Å². The number of ether oxygens (including phenoxy) is 1. The maximum absolute atomic E-state index is 13.6. The van der Waals surface area contributed by atoms with Crippen LogP contribution in [0.2, 0.25) is 0 Å². The second-order valence-electron chi connectivity index (χ2n) is 8.87. The predicted molar refractivity (Wildman–Crippen MR) is 137 cm³/mol. The minimum atomic E-state index is -0.479. The average Bonchev–Trinajstić information content (AvgIpc) is 3.12. The van der Waals surface area contributed by atoms with Crippen molar-refractivity contribution in [3.05, 3.63) is 82.8 Å². The molecular formula is C29H32N2O4. The zero-order chi connectivity index (χ0) is 24.9. The van der Waals surface area contributed by atoms with Gasteiger partial charge in [0.05, 0.1) is 16.8 Å². The number of Topliss-reactive ketones (excluding diaryl/α,β-unsaturated/α-hetero) is 1. The molecule has 0 N–H and O–H groups in total. The topological polar surface area (TPSA) is 69.9 Å². The molecule has 2 aromatic carbocycles. The highest BCUT2D eigenvalue weighted by Crippen LogP contribution is 2.40. The van der Waals surface area contributed by atoms with E-state index in [9.17, 15) is 9.59 Å². The quantitative estimate of drug-likeness (QED) is 0.221. The van der Waals surface area contributed by atoms with E-state index in [1.54, 1.807) is 24.3 Å². The van der Waals surface area contributed by atoms with Gasteiger partial charge in [-0.05, 0) is 44.0 Å². The summed E-state index contributed by atoms with van der Waals surface area (Å²) in [5.41, 5.74) is 4.73. The lowest BCUT2D eigenvalue weighted by Gasteiger charge is -2.27. The highest BCUT2D eigenvalue weighted by Gasteiger charge is 2.36. The molecule has 0 saturated carbocycles. The molecular weight excluding hydrogens is 440 g/mol. The highest BCUT2D eigenvalue weighted by atomic mass is 16.6. The van der Waals surface area contributed by atoms with E-state index in [2.05, 4.69) is 28.8 Å². The molecule has 0 radical (unpaired) electrons. The zero-order valence-corrected chi connectivity index (χ0v) is 20.8. The summed E-state index contributed by atoms with van der Waals surface area (Å²) in [5.74, 6) is -0.296. The second kappa shape index (κ2) is 10.7. The van der Waals surface area contributed by atoms with Crippen molar-refractivity contribution in [3.63, 3.8) is 0 Å². The summed E-state index contributed by atoms with van der Waals surface area (Å²) in [7, 11) is 2.03. The van der Waals surface area contributed by atoms with E-state index in [0.29, 0.717) is 48.5 Å². The number of fused-ring (bicyclic) bond motifs is 1. The van der Waals surface area contributed by atoms with Crippen LogP contribution in [0.4, 0.5) is 0 Å². The van der Waals surface area contributed by atoms with Gasteiger partial charge in [0, 0.05) is 42.4 Å². The van der Waals surface area contributed by atoms with Crippen molar-refractivity contribution in [1.29, 1.82) is 0 Å². The number of oxime groups is 1. The number of allylic oxidation sites excluding steroid dienone is 2. The number of aryl methyl sites for hydroxylation is 2. The molecule has 35 heavy (non-hydrogen) atoms. The van der Waals surface area contributed by atoms with Crippen molar-refractivity contribution in [3.8, 4) is 0 Å². The number of carbonyl (C=O) groups is 2. The van der Waals surface area contributed by atoms with Crippen LogP contribution in [0.25, 0.3) is 10.9 Å². The lowest BCUT2D eigenvalue weighted by molar-refractivity contribution is -0.116. The summed E-state index contributed by atoms with van der Waals surface area (Å²) < 4.78 is 8.11. The smallest absolute Gasteiger partial charge is 0.343 e. The van der Waals surface area contributed by atoms with Crippen molar-refractivity contribution >= 4 is 28.4 Å². The fourth-order valence-electron chi connectivity index (χ4n) is 5.01. The van der Waals surface area contributed by atoms with E-state index < -0.39 is 5.97 Å². The number of ketones is 1. The summed E-state index contributed by atoms with van der Waals surface area (Å²) in [5, 5.41) is 5.41. The lowest BCUT2D eigenvalue weighted by Crippen LogP contribution is -2.27. The summed E-state index contributed by atoms with van der Waals surface area (Å²) in [6.07, 6.45) is 2.10. The molecule has 1 aromatic heterocycles. The molecule has 0 saturated heterocycles. The molecule has 1 aliphatic rings. The van der Waals surface area contributed by atoms with Crippen molar-refractivity contribution in [2.45, 2.75) is 52.4 Å². The monoisotopic (exact) mass is 472 g/mol. The second-order valence-corrected chi connectivity index (χ2v) is 8.87. The number of carbonyl (C=O) groups excluding carboxylic acids is 2. The molecule has 6 nitrogen and oxygen atoms in total. The number of para-hydroxylation sites is 1. The van der Waals surface area contributed by atoms with E-state index >= 15 is 0 Å². The Labute approximate surface area is 206 Å². The Hall–Kier alpha value is -3.67. The Morgan fingerprint density at radius 1 is 1.06 bits per heavy atom. The van der Waals surface area contributed by atoms with Crippen molar-refractivity contribution in [2.24, 2.45) is 12.2 Å². The van der Waals surface area contributed by atoms with Gasteiger partial charge in [0.2, 0.25) is 0 Å². The van der Waals surface area contributed by atoms with E-state index in [0.717, 1.165) is 23.2 Å². The van der Waals surface area contributed by atoms with Gasteiger partial charge in [0.1, 0.15) is 12.4 Å². The van der Waals surface area contributed by atoms with E-state index in [4.69, 9.17) is 9.57 Å². The summed E-state index contributed by atoms with van der Waals surface area (Å²) >= 11 is 0. The third-order valence-electron chi connectivity index (χ3n) is 6.53. The fraction of sp³-hybridized carbons (Fsp3) is 0.345. The molecule has 0 bridgehead atoms. The Morgan fingerprint density at radius 3 is 2.46 bits per heavy atom. The van der Waals surface area contributed by atoms with E-state index in [-0.39, 0.29) is 11.7 Å². The standard InChI is InChI=1S/C29H32N2O4/c1-5-12-23(30-34-6-2)27-25(32)17-21(18-26(27)35-29(33)20-13-8-7-9-14-20)28-19(3)22-15-10-11-16-24(22)31(28)4/h7-11,13-16,21H,5-6,12,17-18H2,1-4H3. The van der Waals surface area contributed by atoms with Crippen LogP contribution in [-0.2, 0) is 21.4 Å². The summed E-state index contributed by atoms with van der Waals surface area (Å²) in [6, 6.07) is 17.1. The highest BCUT2D eigenvalue weighted by molar-refractivity contribution is 6.23. The molecule has 6 heteroatoms. The van der Waals surface area contributed by atoms with Crippen LogP contribution in [0.1, 0.15) is 67.1 Å². The Kier molecular flexibility index (Phi) is 7.49. The van der Waals surface area contributed by atoms with Gasteiger partial charge in [0.25, 0.3) is 0 Å². The number of benzene rings is 2. The molecule has 4 rings (SSSR count). The molecule has 182 valence electrons. The third kappa shape index (κ3) is 4.92. The van der Waals surface area contributed by atoms with E-state index in [1.165, 1.54) is 5.39 Å². The van der Waals surface area contributed by atoms with Crippen LogP contribution in [0.5, 0.6) is 0 Å². The molecule has 0 spiro atoms. The number of aromatic nitrogens is 1. The zero-order valence-electron chi connectivity index (χ0n) is 20.8. The van der Waals surface area contributed by atoms with Gasteiger partial charge in [-0.25, -0.2) is 4.79 Å². The molecule has 1 unspecified atom stereocenters. The first-order valence-electron chi connectivity index (χ1n) is 12.2. The van der Waals surface area contributed by atoms with Crippen LogP contribution in [0, 0.1) is 6.92 Å². The predicted octanol–water partition coefficient (Wildman–Crippen LogP) is 6.24. The van der Waals surface area contributed by atoms with Gasteiger partial charge >= 0.3 is 5.97 Å². The van der Waals surface area contributed by atoms with Gasteiger partial charge in [-0.3, -0.25) is 4.79 Å². The maximum Gasteiger partial charge on any atom is 0.343 e. The van der Waals surface area contributed by atoms with Crippen LogP contribution < -0.4 is 0 Å². The van der Waals surface area contributed by atoms with Gasteiger partial charge in [-0.15, -0.1) is 0 Å². The number of hydrogen-bond donors (Lipinski definition) is 0. The first-order chi connectivity index (χ1) is 17.0. The van der Waals surface area contributed by atoms with Crippen molar-refractivity contribution in [2.75, 3.05) is 6.61 Å². The van der Waals surface area contributed by atoms with Crippen molar-refractivity contribution in [1.82, 2.24) is 4.57 Å². The number of esters is 1. The minimum absolute atomic E-state index is 0.0753. The molecule has 0 aliphatic heterocycles. The van der Waals surface area contributed by atoms with Gasteiger partial charge in [-0.2, -0.15) is 0 Å². The molecule has 0 amide bonds. The number of hydrogen-bond acceptors (Lipinski definition) is 5. The molecule has 3 aromatic rings. The Morgan fingerprint density at radius 2 is 1.77 bits per heavy atom. The maximum atomic E-state index is 13.6. The summed E-state index contributed by atoms with van der Waals surface area (Å²) in [6.45, 7) is 6.35. The molecule has 1 heterocycles. The normalized spacial score (nSPS) is 16.6. The van der Waals surface area contributed by atoms with Gasteiger partial charge in [0.15, 0.2) is 5.78 Å². The first-order valence-corrected chi connectivity index (χ1v) is 12.2. The molecule has 0 fully saturated rings. The van der Waals surface area contributed by atoms with E-state index in [1.807, 2.05) is 39.1 Å². The van der Waals surface area contributed by atoms with Crippen LogP contribution in [0.15, 0.2) is 71.1 Å². The van der Waals surface area contributed by atoms with Gasteiger partial charge < -0.3 is 14.1 Å². The minimum Gasteiger partial charge on any atom is -0.427 e. The third-order valence-corrected chi connectivity index (χ3v) is 6.53.